The van der Waals surface area contributed by atoms with E-state index in [0.717, 1.165) is 44.3 Å². The Morgan fingerprint density at radius 3 is 2.44 bits per heavy atom. The van der Waals surface area contributed by atoms with E-state index in [0.29, 0.717) is 22.7 Å². The van der Waals surface area contributed by atoms with Crippen LogP contribution in [0.5, 0.6) is 5.75 Å². The lowest BCUT2D eigenvalue weighted by atomic mass is 9.87. The first-order valence-electron chi connectivity index (χ1n) is 12.9. The summed E-state index contributed by atoms with van der Waals surface area (Å²) in [6, 6.07) is 12.1. The molecule has 0 aromatic heterocycles. The van der Waals surface area contributed by atoms with E-state index in [4.69, 9.17) is 25.7 Å². The van der Waals surface area contributed by atoms with Crippen molar-refractivity contribution in [2.75, 3.05) is 18.1 Å². The van der Waals surface area contributed by atoms with Gasteiger partial charge in [0.2, 0.25) is 0 Å². The summed E-state index contributed by atoms with van der Waals surface area (Å²) in [5.41, 5.74) is 14.1. The van der Waals surface area contributed by atoms with Crippen LogP contribution in [0.15, 0.2) is 48.5 Å². The van der Waals surface area contributed by atoms with Crippen LogP contribution >= 0.6 is 0 Å². The lowest BCUT2D eigenvalue weighted by Crippen LogP contribution is -2.29. The first-order chi connectivity index (χ1) is 17.4. The van der Waals surface area contributed by atoms with Crippen LogP contribution in [0, 0.1) is 5.92 Å². The molecule has 1 saturated carbocycles. The molecular weight excluding hydrogens is 456 g/mol. The Balaban J connectivity index is 1.38. The molecule has 1 fully saturated rings. The van der Waals surface area contributed by atoms with Crippen molar-refractivity contribution in [1.82, 2.24) is 0 Å². The van der Waals surface area contributed by atoms with E-state index in [1.165, 1.54) is 25.3 Å². The molecule has 0 amide bonds. The predicted octanol–water partition coefficient (Wildman–Crippen LogP) is 5.67. The van der Waals surface area contributed by atoms with Gasteiger partial charge in [-0.1, -0.05) is 38.3 Å². The first-order valence-corrected chi connectivity index (χ1v) is 12.9. The predicted molar refractivity (Wildman–Crippen MR) is 142 cm³/mol. The Bertz CT molecular complexity index is 1010. The van der Waals surface area contributed by atoms with Crippen LogP contribution in [0.3, 0.4) is 0 Å². The normalized spacial score (nSPS) is 17.7. The molecule has 2 aromatic rings. The molecule has 1 aliphatic rings. The third-order valence-electron chi connectivity index (χ3n) is 6.41. The van der Waals surface area contributed by atoms with Crippen molar-refractivity contribution in [1.29, 1.82) is 0 Å². The molecule has 7 heteroatoms. The van der Waals surface area contributed by atoms with Gasteiger partial charge in [0.25, 0.3) is 0 Å². The summed E-state index contributed by atoms with van der Waals surface area (Å²) in [7, 11) is 0. The first kappa shape index (κ1) is 27.3. The largest absolute Gasteiger partial charge is 0.458 e. The van der Waals surface area contributed by atoms with E-state index >= 15 is 0 Å². The minimum absolute atomic E-state index is 0.0436. The topological polar surface area (TPSA) is 114 Å². The smallest absolute Gasteiger partial charge is 0.331 e. The van der Waals surface area contributed by atoms with Gasteiger partial charge < -0.3 is 25.7 Å². The molecule has 0 heterocycles. The highest BCUT2D eigenvalue weighted by atomic mass is 16.5. The summed E-state index contributed by atoms with van der Waals surface area (Å²) < 4.78 is 16.8. The molecule has 0 atom stereocenters. The van der Waals surface area contributed by atoms with E-state index in [1.54, 1.807) is 48.5 Å². The Hall–Kier alpha value is -3.32. The number of unbranched alkanes of at least 4 members (excludes halogenated alkanes) is 3. The van der Waals surface area contributed by atoms with Crippen molar-refractivity contribution in [2.45, 2.75) is 71.0 Å². The number of nitrogens with two attached hydrogens (primary N) is 2. The molecule has 0 unspecified atom stereocenters. The Labute approximate surface area is 213 Å². The number of benzene rings is 2. The zero-order valence-electron chi connectivity index (χ0n) is 21.1. The van der Waals surface area contributed by atoms with Crippen LogP contribution in [0.4, 0.5) is 11.4 Å². The maximum atomic E-state index is 12.6. The third-order valence-corrected chi connectivity index (χ3v) is 6.41. The summed E-state index contributed by atoms with van der Waals surface area (Å²) in [4.78, 5) is 24.6. The molecule has 0 bridgehead atoms. The zero-order chi connectivity index (χ0) is 25.8. The Kier molecular flexibility index (Phi) is 10.8. The molecule has 4 N–H and O–H groups in total. The van der Waals surface area contributed by atoms with Gasteiger partial charge in [-0.05, 0) is 74.1 Å². The molecule has 194 valence electrons. The lowest BCUT2D eigenvalue weighted by molar-refractivity contribution is -0.141. The van der Waals surface area contributed by atoms with E-state index < -0.39 is 5.97 Å². The number of ether oxygens (including phenoxy) is 3. The van der Waals surface area contributed by atoms with E-state index in [1.807, 2.05) is 0 Å². The second kappa shape index (κ2) is 14.3. The molecular formula is C29H38N2O5. The van der Waals surface area contributed by atoms with Crippen molar-refractivity contribution in [3.8, 4) is 5.75 Å². The zero-order valence-corrected chi connectivity index (χ0v) is 21.1. The van der Waals surface area contributed by atoms with Gasteiger partial charge in [0.1, 0.15) is 12.4 Å². The molecule has 0 radical (unpaired) electrons. The van der Waals surface area contributed by atoms with Crippen molar-refractivity contribution in [3.05, 3.63) is 59.7 Å². The maximum Gasteiger partial charge on any atom is 0.331 e. The summed E-state index contributed by atoms with van der Waals surface area (Å²) in [6.07, 6.45) is 11.4. The Morgan fingerprint density at radius 2 is 1.72 bits per heavy atom. The fraction of sp³-hybridized carbons (Fsp3) is 0.448. The number of hydrogen-bond acceptors (Lipinski definition) is 7. The molecule has 7 nitrogen and oxygen atoms in total. The third kappa shape index (κ3) is 9.04. The average Bonchev–Trinajstić information content (AvgIpc) is 2.89. The number of carbonyl (C=O) groups is 2. The van der Waals surface area contributed by atoms with Gasteiger partial charge in [0, 0.05) is 29.6 Å². The molecule has 1 aliphatic carbocycles. The van der Waals surface area contributed by atoms with Gasteiger partial charge in [0.05, 0.1) is 12.0 Å². The number of nitrogen functional groups attached to an aromatic ring is 2. The van der Waals surface area contributed by atoms with E-state index in [2.05, 4.69) is 6.92 Å². The SMILES string of the molecule is CCCCCCOC1CCC(C(=O)Oc2ccc(/C=C/C(=O)OCc3cc(N)ccc3N)cc2)CC1. The Morgan fingerprint density at radius 1 is 0.972 bits per heavy atom. The lowest BCUT2D eigenvalue weighted by Gasteiger charge is -2.27. The molecule has 0 spiro atoms. The van der Waals surface area contributed by atoms with Gasteiger partial charge in [0.15, 0.2) is 0 Å². The fourth-order valence-corrected chi connectivity index (χ4v) is 4.20. The van der Waals surface area contributed by atoms with Crippen molar-refractivity contribution in [2.24, 2.45) is 5.92 Å². The second-order valence-corrected chi connectivity index (χ2v) is 9.29. The van der Waals surface area contributed by atoms with Crippen LogP contribution in [0.1, 0.15) is 69.4 Å². The van der Waals surface area contributed by atoms with Crippen LogP contribution < -0.4 is 16.2 Å². The van der Waals surface area contributed by atoms with E-state index in [-0.39, 0.29) is 24.6 Å². The van der Waals surface area contributed by atoms with Gasteiger partial charge in [-0.25, -0.2) is 4.79 Å². The number of esters is 2. The van der Waals surface area contributed by atoms with Crippen LogP contribution in [-0.2, 0) is 25.7 Å². The second-order valence-electron chi connectivity index (χ2n) is 9.29. The van der Waals surface area contributed by atoms with Crippen molar-refractivity contribution in [3.63, 3.8) is 0 Å². The highest BCUT2D eigenvalue weighted by Gasteiger charge is 2.28. The quantitative estimate of drug-likeness (QED) is 0.128. The summed E-state index contributed by atoms with van der Waals surface area (Å²) in [5, 5.41) is 0. The van der Waals surface area contributed by atoms with Gasteiger partial charge in [-0.2, -0.15) is 0 Å². The molecule has 0 aliphatic heterocycles. The average molecular weight is 495 g/mol. The van der Waals surface area contributed by atoms with Crippen LogP contribution in [-0.4, -0.2) is 24.6 Å². The summed E-state index contributed by atoms with van der Waals surface area (Å²) in [5.74, 6) is -0.281. The molecule has 36 heavy (non-hydrogen) atoms. The summed E-state index contributed by atoms with van der Waals surface area (Å²) >= 11 is 0. The number of anilines is 2. The fourth-order valence-electron chi connectivity index (χ4n) is 4.20. The highest BCUT2D eigenvalue weighted by molar-refractivity contribution is 5.87. The van der Waals surface area contributed by atoms with Crippen molar-refractivity contribution < 1.29 is 23.8 Å². The van der Waals surface area contributed by atoms with Crippen molar-refractivity contribution >= 4 is 29.4 Å². The maximum absolute atomic E-state index is 12.6. The number of rotatable bonds is 12. The van der Waals surface area contributed by atoms with Gasteiger partial charge >= 0.3 is 11.9 Å². The number of hydrogen-bond donors (Lipinski definition) is 2. The minimum Gasteiger partial charge on any atom is -0.458 e. The molecule has 2 aromatic carbocycles. The molecule has 0 saturated heterocycles. The summed E-state index contributed by atoms with van der Waals surface area (Å²) in [6.45, 7) is 3.06. The van der Waals surface area contributed by atoms with Gasteiger partial charge in [-0.15, -0.1) is 0 Å². The molecule has 3 rings (SSSR count). The van der Waals surface area contributed by atoms with Crippen LogP contribution in [0.2, 0.25) is 0 Å². The number of carbonyl (C=O) groups excluding carboxylic acids is 2. The monoisotopic (exact) mass is 494 g/mol. The van der Waals surface area contributed by atoms with E-state index in [9.17, 15) is 9.59 Å². The minimum atomic E-state index is -0.493. The standard InChI is InChI=1S/C29H38N2O5/c1-2-3-4-5-18-34-25-14-9-22(10-15-25)29(33)36-26-12-6-21(7-13-26)8-17-28(32)35-20-23-19-24(30)11-16-27(23)31/h6-8,11-13,16-17,19,22,25H,2-5,9-10,14-15,18,20,30-31H2,1H3/b17-8+. The highest BCUT2D eigenvalue weighted by Crippen LogP contribution is 2.28. The van der Waals surface area contributed by atoms with Crippen LogP contribution in [0.25, 0.3) is 6.08 Å². The van der Waals surface area contributed by atoms with Gasteiger partial charge in [-0.3, -0.25) is 4.79 Å².